The summed E-state index contributed by atoms with van der Waals surface area (Å²) in [5, 5.41) is 12.7. The third kappa shape index (κ3) is 3.55. The molecule has 1 N–H and O–H groups in total. The van der Waals surface area contributed by atoms with E-state index in [1.54, 1.807) is 17.2 Å². The third-order valence-electron chi connectivity index (χ3n) is 4.47. The quantitative estimate of drug-likeness (QED) is 0.571. The number of aromatic hydroxyl groups is 1. The highest BCUT2D eigenvalue weighted by molar-refractivity contribution is 7.10. The van der Waals surface area contributed by atoms with E-state index < -0.39 is 0 Å². The average molecular weight is 400 g/mol. The molecule has 1 aliphatic rings. The van der Waals surface area contributed by atoms with Gasteiger partial charge in [-0.3, -0.25) is 4.57 Å². The van der Waals surface area contributed by atoms with Gasteiger partial charge in [-0.05, 0) is 47.7 Å². The highest BCUT2D eigenvalue weighted by Gasteiger charge is 2.13. The minimum Gasteiger partial charge on any atom is -0.493 e. The summed E-state index contributed by atoms with van der Waals surface area (Å²) in [7, 11) is 0. The highest BCUT2D eigenvalue weighted by atomic mass is 32.1. The van der Waals surface area contributed by atoms with Crippen LogP contribution in [0.2, 0.25) is 0 Å². The molecule has 2 aromatic heterocycles. The Balaban J connectivity index is 1.65. The molecule has 0 saturated carbocycles. The molecular weight excluding hydrogens is 384 g/mol. The number of hydrogen-bond acceptors (Lipinski definition) is 6. The highest BCUT2D eigenvalue weighted by Crippen LogP contribution is 2.23. The molecule has 4 aromatic rings. The lowest BCUT2D eigenvalue weighted by Gasteiger charge is -2.02. The van der Waals surface area contributed by atoms with Crippen molar-refractivity contribution in [2.45, 2.75) is 6.54 Å². The zero-order valence-corrected chi connectivity index (χ0v) is 16.1. The van der Waals surface area contributed by atoms with E-state index in [0.29, 0.717) is 16.2 Å². The van der Waals surface area contributed by atoms with Crippen LogP contribution >= 0.6 is 11.3 Å². The molecule has 0 unspecified atom stereocenters. The van der Waals surface area contributed by atoms with E-state index in [9.17, 15) is 5.11 Å². The van der Waals surface area contributed by atoms with Gasteiger partial charge in [-0.15, -0.1) is 0 Å². The lowest BCUT2D eigenvalue weighted by atomic mass is 10.2. The number of rotatable bonds is 4. The first-order valence-corrected chi connectivity index (χ1v) is 9.85. The maximum Gasteiger partial charge on any atom is 0.211 e. The standard InChI is InChI=1S/C22H16N4O2S/c27-21-20(12-15-8-9-18-19(11-15)24-14-23-18)29-22(25-16-5-2-1-3-6-16)26(21)13-17-7-4-10-28-17/h1-12,14,27H,13H2. The molecule has 3 heterocycles. The fourth-order valence-corrected chi connectivity index (χ4v) is 4.07. The Kier molecular flexibility index (Phi) is 4.42. The summed E-state index contributed by atoms with van der Waals surface area (Å²) in [6.07, 6.45) is 5.10. The molecule has 142 valence electrons. The molecule has 7 heteroatoms. The smallest absolute Gasteiger partial charge is 0.211 e. The van der Waals surface area contributed by atoms with E-state index >= 15 is 0 Å². The van der Waals surface area contributed by atoms with Gasteiger partial charge in [-0.25, -0.2) is 15.0 Å². The van der Waals surface area contributed by atoms with Gasteiger partial charge in [0, 0.05) is 0 Å². The normalized spacial score (nSPS) is 13.7. The number of aromatic nitrogens is 1. The van der Waals surface area contributed by atoms with Crippen LogP contribution in [-0.2, 0) is 6.54 Å². The Morgan fingerprint density at radius 3 is 2.83 bits per heavy atom. The lowest BCUT2D eigenvalue weighted by molar-refractivity contribution is 0.403. The summed E-state index contributed by atoms with van der Waals surface area (Å²) < 4.78 is 7.22. The number of aliphatic imine (C=N–C) groups is 1. The van der Waals surface area contributed by atoms with E-state index in [4.69, 9.17) is 9.41 Å². The summed E-state index contributed by atoms with van der Waals surface area (Å²) >= 11 is 1.42. The number of hydrogen-bond donors (Lipinski definition) is 1. The molecule has 6 nitrogen and oxygen atoms in total. The monoisotopic (exact) mass is 400 g/mol. The first-order valence-electron chi connectivity index (χ1n) is 9.03. The van der Waals surface area contributed by atoms with Crippen molar-refractivity contribution in [3.63, 3.8) is 0 Å². The molecule has 0 saturated heterocycles. The Labute approximate surface area is 169 Å². The van der Waals surface area contributed by atoms with Gasteiger partial charge in [0.1, 0.15) is 12.1 Å². The molecule has 29 heavy (non-hydrogen) atoms. The molecule has 2 aromatic carbocycles. The van der Waals surface area contributed by atoms with Crippen molar-refractivity contribution in [2.75, 3.05) is 0 Å². The number of nitrogens with zero attached hydrogens (tertiary/aromatic N) is 4. The summed E-state index contributed by atoms with van der Waals surface area (Å²) in [6, 6.07) is 19.2. The first kappa shape index (κ1) is 17.4. The molecule has 0 aliphatic carbocycles. The molecule has 0 amide bonds. The van der Waals surface area contributed by atoms with Crippen LogP contribution in [0.4, 0.5) is 11.4 Å². The molecule has 5 rings (SSSR count). The van der Waals surface area contributed by atoms with Crippen molar-refractivity contribution in [2.24, 2.45) is 15.0 Å². The van der Waals surface area contributed by atoms with Gasteiger partial charge in [-0.1, -0.05) is 35.6 Å². The zero-order valence-electron chi connectivity index (χ0n) is 15.3. The predicted molar refractivity (Wildman–Crippen MR) is 112 cm³/mol. The van der Waals surface area contributed by atoms with Gasteiger partial charge in [0.15, 0.2) is 4.80 Å². The van der Waals surface area contributed by atoms with Crippen LogP contribution < -0.4 is 15.4 Å². The lowest BCUT2D eigenvalue weighted by Crippen LogP contribution is -2.14. The van der Waals surface area contributed by atoms with Gasteiger partial charge >= 0.3 is 0 Å². The Hall–Kier alpha value is -3.71. The number of para-hydroxylation sites is 1. The van der Waals surface area contributed by atoms with Crippen LogP contribution in [0.15, 0.2) is 86.3 Å². The molecule has 0 bridgehead atoms. The summed E-state index contributed by atoms with van der Waals surface area (Å²) in [5.74, 6) is 0.891. The predicted octanol–water partition coefficient (Wildman–Crippen LogP) is 3.25. The molecule has 0 fully saturated rings. The zero-order chi connectivity index (χ0) is 19.6. The topological polar surface area (TPSA) is 75.4 Å². The number of fused-ring (bicyclic) bond motifs is 1. The molecule has 0 radical (unpaired) electrons. The van der Waals surface area contributed by atoms with Gasteiger partial charge in [0.05, 0.1) is 34.4 Å². The van der Waals surface area contributed by atoms with Gasteiger partial charge < -0.3 is 9.52 Å². The van der Waals surface area contributed by atoms with Crippen molar-refractivity contribution < 1.29 is 9.52 Å². The summed E-state index contributed by atoms with van der Waals surface area (Å²) in [5.41, 5.74) is 1.65. The van der Waals surface area contributed by atoms with Gasteiger partial charge in [0.2, 0.25) is 5.88 Å². The second kappa shape index (κ2) is 7.37. The SMILES string of the molecule is Oc1c(C=c2ccc3c(c2)N=CN=3)sc(=Nc2ccccc2)n1Cc1ccco1. The summed E-state index contributed by atoms with van der Waals surface area (Å²) in [6.45, 7) is 0.391. The van der Waals surface area contributed by atoms with E-state index in [-0.39, 0.29) is 5.88 Å². The minimum atomic E-state index is 0.148. The first-order chi connectivity index (χ1) is 14.3. The van der Waals surface area contributed by atoms with E-state index in [1.165, 1.54) is 11.3 Å². The van der Waals surface area contributed by atoms with Gasteiger partial charge in [0.25, 0.3) is 0 Å². The van der Waals surface area contributed by atoms with Crippen LogP contribution in [0.25, 0.3) is 6.08 Å². The second-order valence-corrected chi connectivity index (χ2v) is 7.46. The number of benzene rings is 2. The van der Waals surface area contributed by atoms with Crippen molar-refractivity contribution >= 4 is 35.1 Å². The van der Waals surface area contributed by atoms with Crippen molar-refractivity contribution in [3.05, 3.63) is 92.9 Å². The van der Waals surface area contributed by atoms with E-state index in [0.717, 1.165) is 27.7 Å². The third-order valence-corrected chi connectivity index (χ3v) is 5.49. The largest absolute Gasteiger partial charge is 0.493 e. The summed E-state index contributed by atoms with van der Waals surface area (Å²) in [4.78, 5) is 14.6. The minimum absolute atomic E-state index is 0.148. The van der Waals surface area contributed by atoms with Crippen LogP contribution in [0.1, 0.15) is 10.6 Å². The molecular formula is C22H16N4O2S. The van der Waals surface area contributed by atoms with Crippen LogP contribution in [0, 0.1) is 0 Å². The van der Waals surface area contributed by atoms with Crippen LogP contribution in [0.5, 0.6) is 5.88 Å². The second-order valence-electron chi connectivity index (χ2n) is 6.45. The fourth-order valence-electron chi connectivity index (χ4n) is 3.06. The number of furan rings is 1. The molecule has 0 spiro atoms. The maximum atomic E-state index is 10.9. The van der Waals surface area contributed by atoms with E-state index in [2.05, 4.69) is 9.98 Å². The fraction of sp³-hybridized carbons (Fsp3) is 0.0455. The van der Waals surface area contributed by atoms with Crippen LogP contribution in [0.3, 0.4) is 0 Å². The number of thiazole rings is 1. The van der Waals surface area contributed by atoms with Crippen LogP contribution in [-0.4, -0.2) is 16.0 Å². The maximum absolute atomic E-state index is 10.9. The molecule has 1 aliphatic heterocycles. The Bertz CT molecular complexity index is 1380. The average Bonchev–Trinajstić information content (AvgIpc) is 3.47. The Morgan fingerprint density at radius 1 is 1.10 bits per heavy atom. The Morgan fingerprint density at radius 2 is 2.00 bits per heavy atom. The van der Waals surface area contributed by atoms with E-state index in [1.807, 2.05) is 66.7 Å². The van der Waals surface area contributed by atoms with Crippen molar-refractivity contribution in [3.8, 4) is 5.88 Å². The van der Waals surface area contributed by atoms with Crippen molar-refractivity contribution in [1.29, 1.82) is 0 Å². The van der Waals surface area contributed by atoms with Gasteiger partial charge in [-0.2, -0.15) is 0 Å². The molecule has 0 atom stereocenters. The van der Waals surface area contributed by atoms with Crippen molar-refractivity contribution in [1.82, 2.24) is 4.57 Å².